The van der Waals surface area contributed by atoms with Crippen molar-refractivity contribution < 1.29 is 33.0 Å². The lowest BCUT2D eigenvalue weighted by Gasteiger charge is -2.32. The fourth-order valence-corrected chi connectivity index (χ4v) is 5.71. The zero-order chi connectivity index (χ0) is 30.9. The van der Waals surface area contributed by atoms with Gasteiger partial charge < -0.3 is 33.0 Å². The van der Waals surface area contributed by atoms with E-state index in [2.05, 4.69) is 12.6 Å². The largest absolute Gasteiger partial charge is 0.493 e. The number of benzene rings is 3. The SMILES string of the molecule is C=C1/C(=C/B2OC(C)(C)C(C)(C)O2)Cc2ccc(OC)c(OC)c2-c2c(ccc(OC)c2OC)[C@H]1OCc1ccccc1. The summed E-state index contributed by atoms with van der Waals surface area (Å²) in [6, 6.07) is 18.0. The van der Waals surface area contributed by atoms with Crippen LogP contribution in [0.25, 0.3) is 11.1 Å². The first-order chi connectivity index (χ1) is 20.5. The van der Waals surface area contributed by atoms with Gasteiger partial charge in [-0.2, -0.15) is 0 Å². The monoisotopic (exact) mass is 584 g/mol. The molecule has 0 aromatic heterocycles. The van der Waals surface area contributed by atoms with E-state index >= 15 is 0 Å². The van der Waals surface area contributed by atoms with Crippen LogP contribution in [0.5, 0.6) is 23.0 Å². The molecule has 3 aromatic carbocycles. The first kappa shape index (κ1) is 30.7. The minimum atomic E-state index is -0.556. The Bertz CT molecular complexity index is 1510. The molecule has 226 valence electrons. The van der Waals surface area contributed by atoms with Gasteiger partial charge in [0.05, 0.1) is 46.2 Å². The molecule has 0 spiro atoms. The molecule has 5 rings (SSSR count). The number of rotatable bonds is 8. The smallest absolute Gasteiger partial charge is 0.487 e. The number of ether oxygens (including phenoxy) is 5. The Labute approximate surface area is 255 Å². The van der Waals surface area contributed by atoms with E-state index < -0.39 is 24.4 Å². The van der Waals surface area contributed by atoms with Crippen LogP contribution < -0.4 is 18.9 Å². The molecule has 0 bridgehead atoms. The Hall–Kier alpha value is -3.72. The van der Waals surface area contributed by atoms with Crippen molar-refractivity contribution in [3.8, 4) is 34.1 Å². The predicted octanol–water partition coefficient (Wildman–Crippen LogP) is 7.32. The summed E-state index contributed by atoms with van der Waals surface area (Å²) < 4.78 is 43.1. The summed E-state index contributed by atoms with van der Waals surface area (Å²) in [5, 5.41) is 0. The maximum absolute atomic E-state index is 6.75. The lowest BCUT2D eigenvalue weighted by molar-refractivity contribution is 0.00578. The second-order valence-corrected chi connectivity index (χ2v) is 11.8. The average molecular weight is 585 g/mol. The van der Waals surface area contributed by atoms with Gasteiger partial charge in [0, 0.05) is 11.1 Å². The van der Waals surface area contributed by atoms with Gasteiger partial charge in [0.25, 0.3) is 0 Å². The zero-order valence-electron chi connectivity index (χ0n) is 26.4. The number of hydrogen-bond donors (Lipinski definition) is 0. The van der Waals surface area contributed by atoms with Crippen molar-refractivity contribution in [3.63, 3.8) is 0 Å². The maximum atomic E-state index is 6.75. The Morgan fingerprint density at radius 2 is 1.37 bits per heavy atom. The number of hydrogen-bond acceptors (Lipinski definition) is 7. The van der Waals surface area contributed by atoms with E-state index in [-0.39, 0.29) is 0 Å². The van der Waals surface area contributed by atoms with Crippen LogP contribution in [0.1, 0.15) is 50.5 Å². The van der Waals surface area contributed by atoms with Crippen molar-refractivity contribution in [2.45, 2.75) is 58.0 Å². The van der Waals surface area contributed by atoms with Crippen LogP contribution >= 0.6 is 0 Å². The molecular formula is C35H41BO7. The van der Waals surface area contributed by atoms with Crippen molar-refractivity contribution >= 4 is 7.12 Å². The topological polar surface area (TPSA) is 64.6 Å². The summed E-state index contributed by atoms with van der Waals surface area (Å²) in [7, 11) is 5.99. The summed E-state index contributed by atoms with van der Waals surface area (Å²) in [4.78, 5) is 0. The normalized spacial score (nSPS) is 19.7. The van der Waals surface area contributed by atoms with Crippen molar-refractivity contribution in [1.82, 2.24) is 0 Å². The second-order valence-electron chi connectivity index (χ2n) is 11.8. The molecular weight excluding hydrogens is 543 g/mol. The number of methoxy groups -OCH3 is 4. The highest BCUT2D eigenvalue weighted by molar-refractivity contribution is 6.52. The van der Waals surface area contributed by atoms with Crippen molar-refractivity contribution in [2.75, 3.05) is 28.4 Å². The van der Waals surface area contributed by atoms with Gasteiger partial charge in [-0.05, 0) is 74.1 Å². The standard InChI is InChI=1S/C35H41BO7/c1-22-25(20-36-42-34(2,3)35(4,5)43-36)19-24-15-17-27(37-6)32(39-8)29(24)30-26(16-18-28(38-7)33(30)40-9)31(22)41-21-23-13-11-10-12-14-23/h10-18,20,31H,1,19,21H2,2-9H3/b25-20+/t31-/m0/s1. The highest BCUT2D eigenvalue weighted by Crippen LogP contribution is 2.54. The minimum absolute atomic E-state index is 0.379. The van der Waals surface area contributed by atoms with E-state index in [0.29, 0.717) is 36.0 Å². The minimum Gasteiger partial charge on any atom is -0.493 e. The van der Waals surface area contributed by atoms with E-state index in [1.165, 1.54) is 0 Å². The molecule has 0 amide bonds. The first-order valence-electron chi connectivity index (χ1n) is 14.4. The van der Waals surface area contributed by atoms with Crippen LogP contribution in [-0.2, 0) is 27.1 Å². The molecule has 1 heterocycles. The van der Waals surface area contributed by atoms with Gasteiger partial charge in [-0.3, -0.25) is 0 Å². The van der Waals surface area contributed by atoms with Gasteiger partial charge in [-0.15, -0.1) is 0 Å². The molecule has 1 saturated heterocycles. The van der Waals surface area contributed by atoms with Crippen LogP contribution in [0.15, 0.2) is 78.3 Å². The summed E-state index contributed by atoms with van der Waals surface area (Å²) in [6.45, 7) is 13.2. The summed E-state index contributed by atoms with van der Waals surface area (Å²) >= 11 is 0. The summed E-state index contributed by atoms with van der Waals surface area (Å²) in [5.74, 6) is 4.40. The Morgan fingerprint density at radius 1 is 0.791 bits per heavy atom. The van der Waals surface area contributed by atoms with Crippen LogP contribution in [0.4, 0.5) is 0 Å². The van der Waals surface area contributed by atoms with Crippen LogP contribution in [0.2, 0.25) is 0 Å². The fourth-order valence-electron chi connectivity index (χ4n) is 5.71. The molecule has 0 N–H and O–H groups in total. The van der Waals surface area contributed by atoms with E-state index in [1.807, 2.05) is 82.2 Å². The highest BCUT2D eigenvalue weighted by Gasteiger charge is 2.50. The van der Waals surface area contributed by atoms with Crippen molar-refractivity contribution in [2.24, 2.45) is 0 Å². The zero-order valence-corrected chi connectivity index (χ0v) is 26.4. The third-order valence-electron chi connectivity index (χ3n) is 8.72. The fraction of sp³-hybridized carbons (Fsp3) is 0.371. The lowest BCUT2D eigenvalue weighted by atomic mass is 9.76. The van der Waals surface area contributed by atoms with Gasteiger partial charge in [0.2, 0.25) is 0 Å². The molecule has 43 heavy (non-hydrogen) atoms. The maximum Gasteiger partial charge on any atom is 0.487 e. The number of fused-ring (bicyclic) bond motifs is 3. The van der Waals surface area contributed by atoms with Gasteiger partial charge in [-0.25, -0.2) is 0 Å². The Kier molecular flexibility index (Phi) is 8.66. The molecule has 0 radical (unpaired) electrons. The van der Waals surface area contributed by atoms with E-state index in [0.717, 1.165) is 39.0 Å². The first-order valence-corrected chi connectivity index (χ1v) is 14.4. The lowest BCUT2D eigenvalue weighted by Crippen LogP contribution is -2.41. The van der Waals surface area contributed by atoms with Crippen LogP contribution in [0.3, 0.4) is 0 Å². The van der Waals surface area contributed by atoms with Gasteiger partial charge >= 0.3 is 7.12 Å². The van der Waals surface area contributed by atoms with E-state index in [9.17, 15) is 0 Å². The Balaban J connectivity index is 1.76. The van der Waals surface area contributed by atoms with Crippen LogP contribution in [-0.4, -0.2) is 46.8 Å². The van der Waals surface area contributed by atoms with Crippen molar-refractivity contribution in [1.29, 1.82) is 0 Å². The molecule has 1 aliphatic heterocycles. The third kappa shape index (κ3) is 5.67. The second kappa shape index (κ2) is 12.1. The highest BCUT2D eigenvalue weighted by atomic mass is 16.7. The molecule has 2 aliphatic rings. The molecule has 3 aromatic rings. The third-order valence-corrected chi connectivity index (χ3v) is 8.72. The summed E-state index contributed by atoms with van der Waals surface area (Å²) in [6.07, 6.45) is -0.0170. The Morgan fingerprint density at radius 3 is 1.95 bits per heavy atom. The van der Waals surface area contributed by atoms with Gasteiger partial charge in [0.1, 0.15) is 6.10 Å². The van der Waals surface area contributed by atoms with Gasteiger partial charge in [0.15, 0.2) is 23.0 Å². The summed E-state index contributed by atoms with van der Waals surface area (Å²) in [5.41, 5.74) is 5.36. The average Bonchev–Trinajstić information content (AvgIpc) is 3.20. The molecule has 8 heteroatoms. The van der Waals surface area contributed by atoms with Crippen LogP contribution in [0, 0.1) is 0 Å². The molecule has 0 unspecified atom stereocenters. The quantitative estimate of drug-likeness (QED) is 0.257. The molecule has 7 nitrogen and oxygen atoms in total. The van der Waals surface area contributed by atoms with Gasteiger partial charge in [-0.1, -0.05) is 55.0 Å². The molecule has 1 atom stereocenters. The molecule has 0 saturated carbocycles. The molecule has 1 fully saturated rings. The van der Waals surface area contributed by atoms with E-state index in [4.69, 9.17) is 33.0 Å². The molecule has 1 aliphatic carbocycles. The van der Waals surface area contributed by atoms with E-state index in [1.54, 1.807) is 28.4 Å². The van der Waals surface area contributed by atoms with Crippen molar-refractivity contribution in [3.05, 3.63) is 95.0 Å². The predicted molar refractivity (Wildman–Crippen MR) is 169 cm³/mol.